The van der Waals surface area contributed by atoms with E-state index < -0.39 is 0 Å². The highest BCUT2D eigenvalue weighted by Crippen LogP contribution is 2.21. The van der Waals surface area contributed by atoms with Gasteiger partial charge in [0.15, 0.2) is 0 Å². The van der Waals surface area contributed by atoms with Gasteiger partial charge in [0, 0.05) is 12.1 Å². The summed E-state index contributed by atoms with van der Waals surface area (Å²) >= 11 is 0. The van der Waals surface area contributed by atoms with Crippen LogP contribution >= 0.6 is 0 Å². The summed E-state index contributed by atoms with van der Waals surface area (Å²) in [5.41, 5.74) is 1.16. The third-order valence-electron chi connectivity index (χ3n) is 3.19. The van der Waals surface area contributed by atoms with Gasteiger partial charge in [-0.2, -0.15) is 0 Å². The van der Waals surface area contributed by atoms with Gasteiger partial charge in [-0.3, -0.25) is 0 Å². The fourth-order valence-electron chi connectivity index (χ4n) is 1.95. The van der Waals surface area contributed by atoms with Gasteiger partial charge in [0.2, 0.25) is 5.88 Å². The second kappa shape index (κ2) is 7.64. The molecule has 22 heavy (non-hydrogen) atoms. The highest BCUT2D eigenvalue weighted by Gasteiger charge is 2.08. The van der Waals surface area contributed by atoms with Crippen molar-refractivity contribution in [2.45, 2.75) is 26.8 Å². The number of benzene rings is 1. The largest absolute Gasteiger partial charge is 0.497 e. The lowest BCUT2D eigenvalue weighted by Gasteiger charge is -2.16. The maximum Gasteiger partial charge on any atom is 0.218 e. The van der Waals surface area contributed by atoms with Gasteiger partial charge in [-0.25, -0.2) is 9.97 Å². The van der Waals surface area contributed by atoms with Crippen LogP contribution in [0.5, 0.6) is 11.6 Å². The summed E-state index contributed by atoms with van der Waals surface area (Å²) in [6.45, 7) is 6.93. The van der Waals surface area contributed by atoms with Gasteiger partial charge in [0.05, 0.1) is 13.7 Å². The molecule has 1 heterocycles. The highest BCUT2D eigenvalue weighted by molar-refractivity contribution is 5.41. The average Bonchev–Trinajstić information content (AvgIpc) is 2.53. The zero-order chi connectivity index (χ0) is 15.9. The van der Waals surface area contributed by atoms with E-state index in [-0.39, 0.29) is 6.04 Å². The van der Waals surface area contributed by atoms with Gasteiger partial charge >= 0.3 is 0 Å². The van der Waals surface area contributed by atoms with Crippen molar-refractivity contribution in [3.8, 4) is 11.6 Å². The Kier molecular flexibility index (Phi) is 5.58. The number of anilines is 1. The number of methoxy groups -OCH3 is 1. The smallest absolute Gasteiger partial charge is 0.218 e. The molecular weight excluding hydrogens is 278 g/mol. The Morgan fingerprint density at radius 1 is 1.09 bits per heavy atom. The van der Waals surface area contributed by atoms with E-state index in [1.165, 1.54) is 6.33 Å². The van der Waals surface area contributed by atoms with E-state index in [0.29, 0.717) is 18.4 Å². The Bertz CT molecular complexity index is 585. The average molecular weight is 301 g/mol. The normalized spacial score (nSPS) is 12.0. The van der Waals surface area contributed by atoms with Crippen LogP contribution in [0.1, 0.15) is 32.4 Å². The molecule has 1 aromatic carbocycles. The van der Waals surface area contributed by atoms with Crippen LogP contribution < -0.4 is 14.8 Å². The lowest BCUT2D eigenvalue weighted by molar-refractivity contribution is 0.261. The molecule has 1 atom stereocenters. The van der Waals surface area contributed by atoms with Crippen LogP contribution in [-0.4, -0.2) is 23.7 Å². The first kappa shape index (κ1) is 16.1. The third-order valence-corrected chi connectivity index (χ3v) is 3.19. The van der Waals surface area contributed by atoms with Crippen molar-refractivity contribution in [1.29, 1.82) is 0 Å². The molecule has 0 fully saturated rings. The molecule has 1 unspecified atom stereocenters. The minimum absolute atomic E-state index is 0.124. The van der Waals surface area contributed by atoms with Crippen LogP contribution in [0.4, 0.5) is 5.82 Å². The molecule has 1 N–H and O–H groups in total. The summed E-state index contributed by atoms with van der Waals surface area (Å²) in [5.74, 6) is 2.65. The molecule has 118 valence electrons. The van der Waals surface area contributed by atoms with Crippen molar-refractivity contribution < 1.29 is 9.47 Å². The standard InChI is InChI=1S/C17H23N3O2/c1-12(2)10-22-17-9-16(18-11-19-17)20-13(3)14-5-7-15(21-4)8-6-14/h5-9,11-13H,10H2,1-4H3,(H,18,19,20). The van der Waals surface area contributed by atoms with Gasteiger partial charge in [-0.1, -0.05) is 26.0 Å². The number of hydrogen-bond acceptors (Lipinski definition) is 5. The first-order valence-electron chi connectivity index (χ1n) is 7.44. The van der Waals surface area contributed by atoms with E-state index in [2.05, 4.69) is 36.1 Å². The van der Waals surface area contributed by atoms with Crippen LogP contribution in [0.25, 0.3) is 0 Å². The fourth-order valence-corrected chi connectivity index (χ4v) is 1.95. The van der Waals surface area contributed by atoms with Crippen molar-refractivity contribution in [1.82, 2.24) is 9.97 Å². The van der Waals surface area contributed by atoms with Crippen LogP contribution in [0.15, 0.2) is 36.7 Å². The van der Waals surface area contributed by atoms with E-state index in [4.69, 9.17) is 9.47 Å². The zero-order valence-corrected chi connectivity index (χ0v) is 13.5. The summed E-state index contributed by atoms with van der Waals surface area (Å²) in [5, 5.41) is 3.35. The molecule has 0 spiro atoms. The van der Waals surface area contributed by atoms with Gasteiger partial charge in [0.25, 0.3) is 0 Å². The topological polar surface area (TPSA) is 56.3 Å². The molecule has 1 aromatic heterocycles. The molecule has 0 saturated heterocycles. The quantitative estimate of drug-likeness (QED) is 0.845. The van der Waals surface area contributed by atoms with E-state index in [0.717, 1.165) is 17.1 Å². The van der Waals surface area contributed by atoms with Crippen molar-refractivity contribution in [3.05, 3.63) is 42.2 Å². The molecule has 0 aliphatic heterocycles. The van der Waals surface area contributed by atoms with Crippen molar-refractivity contribution in [3.63, 3.8) is 0 Å². The van der Waals surface area contributed by atoms with Crippen molar-refractivity contribution in [2.24, 2.45) is 5.92 Å². The van der Waals surface area contributed by atoms with Crippen LogP contribution in [0, 0.1) is 5.92 Å². The lowest BCUT2D eigenvalue weighted by Crippen LogP contribution is -2.09. The van der Waals surface area contributed by atoms with Crippen LogP contribution in [-0.2, 0) is 0 Å². The van der Waals surface area contributed by atoms with Crippen LogP contribution in [0.2, 0.25) is 0 Å². The first-order chi connectivity index (χ1) is 10.6. The summed E-state index contributed by atoms with van der Waals surface area (Å²) in [7, 11) is 1.66. The second-order valence-corrected chi connectivity index (χ2v) is 5.59. The van der Waals surface area contributed by atoms with Crippen molar-refractivity contribution in [2.75, 3.05) is 19.0 Å². The van der Waals surface area contributed by atoms with Crippen molar-refractivity contribution >= 4 is 5.82 Å². The highest BCUT2D eigenvalue weighted by atomic mass is 16.5. The molecule has 2 aromatic rings. The molecule has 5 heteroatoms. The number of ether oxygens (including phenoxy) is 2. The fraction of sp³-hybridized carbons (Fsp3) is 0.412. The Balaban J connectivity index is 2.01. The predicted molar refractivity (Wildman–Crippen MR) is 87.4 cm³/mol. The molecule has 0 saturated carbocycles. The second-order valence-electron chi connectivity index (χ2n) is 5.59. The SMILES string of the molecule is COc1ccc(C(C)Nc2cc(OCC(C)C)ncn2)cc1. The minimum Gasteiger partial charge on any atom is -0.497 e. The molecular formula is C17H23N3O2. The molecule has 0 aliphatic rings. The Morgan fingerprint density at radius 3 is 2.45 bits per heavy atom. The molecule has 0 amide bonds. The number of aromatic nitrogens is 2. The maximum absolute atomic E-state index is 5.62. The summed E-state index contributed by atoms with van der Waals surface area (Å²) in [6, 6.07) is 9.91. The Morgan fingerprint density at radius 2 is 1.82 bits per heavy atom. The minimum atomic E-state index is 0.124. The molecule has 0 bridgehead atoms. The van der Waals surface area contributed by atoms with Gasteiger partial charge in [0.1, 0.15) is 17.9 Å². The Hall–Kier alpha value is -2.30. The molecule has 2 rings (SSSR count). The first-order valence-corrected chi connectivity index (χ1v) is 7.44. The third kappa shape index (κ3) is 4.62. The van der Waals surface area contributed by atoms with E-state index in [1.807, 2.05) is 30.3 Å². The zero-order valence-electron chi connectivity index (χ0n) is 13.5. The number of rotatable bonds is 7. The van der Waals surface area contributed by atoms with Gasteiger partial charge in [-0.05, 0) is 30.5 Å². The number of hydrogen-bond donors (Lipinski definition) is 1. The number of nitrogens with one attached hydrogen (secondary N) is 1. The van der Waals surface area contributed by atoms with E-state index in [1.54, 1.807) is 7.11 Å². The lowest BCUT2D eigenvalue weighted by atomic mass is 10.1. The van der Waals surface area contributed by atoms with E-state index >= 15 is 0 Å². The number of nitrogens with zero attached hydrogens (tertiary/aromatic N) is 2. The summed E-state index contributed by atoms with van der Waals surface area (Å²) in [6.07, 6.45) is 1.51. The maximum atomic E-state index is 5.62. The monoisotopic (exact) mass is 301 g/mol. The summed E-state index contributed by atoms with van der Waals surface area (Å²) in [4.78, 5) is 8.36. The Labute approximate surface area is 131 Å². The van der Waals surface area contributed by atoms with Gasteiger partial charge in [-0.15, -0.1) is 0 Å². The summed E-state index contributed by atoms with van der Waals surface area (Å²) < 4.78 is 10.8. The van der Waals surface area contributed by atoms with E-state index in [9.17, 15) is 0 Å². The van der Waals surface area contributed by atoms with Gasteiger partial charge < -0.3 is 14.8 Å². The molecule has 5 nitrogen and oxygen atoms in total. The molecule has 0 radical (unpaired) electrons. The predicted octanol–water partition coefficient (Wildman–Crippen LogP) is 3.69. The van der Waals surface area contributed by atoms with Crippen LogP contribution in [0.3, 0.4) is 0 Å². The molecule has 0 aliphatic carbocycles.